The molecule has 0 aromatic heterocycles. The number of hydrogen-bond donors (Lipinski definition) is 1. The molecule has 1 aromatic rings. The lowest BCUT2D eigenvalue weighted by atomic mass is 10.2. The van der Waals surface area contributed by atoms with Crippen LogP contribution < -0.4 is 4.74 Å². The quantitative estimate of drug-likeness (QED) is 0.874. The molecule has 0 saturated carbocycles. The Morgan fingerprint density at radius 3 is 2.42 bits per heavy atom. The molecule has 2 rings (SSSR count). The van der Waals surface area contributed by atoms with Crippen molar-refractivity contribution < 1.29 is 23.4 Å². The predicted octanol–water partition coefficient (Wildman–Crippen LogP) is 1.17. The largest absolute Gasteiger partial charge is 0.486 e. The Morgan fingerprint density at radius 2 is 1.84 bits per heavy atom. The van der Waals surface area contributed by atoms with Crippen LogP contribution in [0, 0.1) is 11.6 Å². The van der Waals surface area contributed by atoms with E-state index < -0.39 is 18.2 Å². The molecule has 1 aliphatic heterocycles. The molecule has 1 N–H and O–H groups in total. The molecular formula is C13H17F2NO3. The van der Waals surface area contributed by atoms with Gasteiger partial charge in [-0.25, -0.2) is 8.78 Å². The summed E-state index contributed by atoms with van der Waals surface area (Å²) in [7, 11) is 0. The van der Waals surface area contributed by atoms with Gasteiger partial charge in [-0.1, -0.05) is 0 Å². The van der Waals surface area contributed by atoms with E-state index in [0.29, 0.717) is 19.8 Å². The summed E-state index contributed by atoms with van der Waals surface area (Å²) < 4.78 is 37.5. The lowest BCUT2D eigenvalue weighted by Gasteiger charge is -2.26. The average molecular weight is 273 g/mol. The van der Waals surface area contributed by atoms with Crippen molar-refractivity contribution in [2.24, 2.45) is 0 Å². The molecule has 1 fully saturated rings. The molecule has 4 nitrogen and oxygen atoms in total. The summed E-state index contributed by atoms with van der Waals surface area (Å²) in [6.45, 7) is 3.37. The molecule has 106 valence electrons. The summed E-state index contributed by atoms with van der Waals surface area (Å²) in [5.74, 6) is -1.96. The fourth-order valence-corrected chi connectivity index (χ4v) is 1.94. The molecule has 1 aliphatic rings. The van der Waals surface area contributed by atoms with E-state index in [-0.39, 0.29) is 17.9 Å². The highest BCUT2D eigenvalue weighted by Gasteiger charge is 2.14. The molecule has 0 amide bonds. The number of aliphatic hydroxyl groups excluding tert-OH is 1. The van der Waals surface area contributed by atoms with Gasteiger partial charge in [0, 0.05) is 19.6 Å². The zero-order valence-electron chi connectivity index (χ0n) is 10.6. The smallest absolute Gasteiger partial charge is 0.190 e. The van der Waals surface area contributed by atoms with Crippen LogP contribution in [0.4, 0.5) is 8.78 Å². The standard InChI is InChI=1S/C13H17F2NO3/c14-11-7-10(9-17)8-12(15)13(11)19-6-3-16-1-4-18-5-2-16/h7-8,17H,1-6,9H2. The molecule has 1 heterocycles. The van der Waals surface area contributed by atoms with Crippen molar-refractivity contribution in [2.45, 2.75) is 6.61 Å². The van der Waals surface area contributed by atoms with Crippen LogP contribution >= 0.6 is 0 Å². The topological polar surface area (TPSA) is 41.9 Å². The van der Waals surface area contributed by atoms with Gasteiger partial charge in [0.2, 0.25) is 0 Å². The van der Waals surface area contributed by atoms with Crippen molar-refractivity contribution in [1.29, 1.82) is 0 Å². The van der Waals surface area contributed by atoms with Crippen LogP contribution in [0.25, 0.3) is 0 Å². The Labute approximate surface area is 110 Å². The minimum absolute atomic E-state index is 0.190. The monoisotopic (exact) mass is 273 g/mol. The first-order valence-corrected chi connectivity index (χ1v) is 6.22. The Kier molecular flexibility index (Phi) is 5.07. The summed E-state index contributed by atoms with van der Waals surface area (Å²) in [5, 5.41) is 8.83. The number of nitrogens with zero attached hydrogens (tertiary/aromatic N) is 1. The normalized spacial score (nSPS) is 16.6. The van der Waals surface area contributed by atoms with Gasteiger partial charge in [-0.2, -0.15) is 0 Å². The van der Waals surface area contributed by atoms with Gasteiger partial charge in [0.25, 0.3) is 0 Å². The third kappa shape index (κ3) is 3.86. The fraction of sp³-hybridized carbons (Fsp3) is 0.538. The van der Waals surface area contributed by atoms with Crippen molar-refractivity contribution in [3.8, 4) is 5.75 Å². The Hall–Kier alpha value is -1.24. The highest BCUT2D eigenvalue weighted by Crippen LogP contribution is 2.23. The Balaban J connectivity index is 1.88. The van der Waals surface area contributed by atoms with Crippen molar-refractivity contribution in [2.75, 3.05) is 39.5 Å². The fourth-order valence-electron chi connectivity index (χ4n) is 1.94. The van der Waals surface area contributed by atoms with Gasteiger partial charge < -0.3 is 14.6 Å². The zero-order chi connectivity index (χ0) is 13.7. The van der Waals surface area contributed by atoms with E-state index in [1.54, 1.807) is 0 Å². The van der Waals surface area contributed by atoms with Gasteiger partial charge in [0.1, 0.15) is 6.61 Å². The molecule has 0 atom stereocenters. The van der Waals surface area contributed by atoms with Gasteiger partial charge in [0.15, 0.2) is 17.4 Å². The van der Waals surface area contributed by atoms with E-state index in [2.05, 4.69) is 4.90 Å². The number of halogens is 2. The Bertz CT molecular complexity index is 399. The predicted molar refractivity (Wildman–Crippen MR) is 65.0 cm³/mol. The van der Waals surface area contributed by atoms with Crippen molar-refractivity contribution in [3.05, 3.63) is 29.3 Å². The summed E-state index contributed by atoms with van der Waals surface area (Å²) in [4.78, 5) is 2.11. The lowest BCUT2D eigenvalue weighted by Crippen LogP contribution is -2.38. The number of benzene rings is 1. The molecule has 0 aliphatic carbocycles. The van der Waals surface area contributed by atoms with E-state index in [4.69, 9.17) is 14.6 Å². The molecule has 0 bridgehead atoms. The molecule has 1 saturated heterocycles. The maximum absolute atomic E-state index is 13.6. The van der Waals surface area contributed by atoms with Crippen LogP contribution in [0.15, 0.2) is 12.1 Å². The van der Waals surface area contributed by atoms with E-state index in [1.807, 2.05) is 0 Å². The summed E-state index contributed by atoms with van der Waals surface area (Å²) in [5.41, 5.74) is 0.190. The molecule has 0 unspecified atom stereocenters. The second kappa shape index (κ2) is 6.79. The molecule has 19 heavy (non-hydrogen) atoms. The van der Waals surface area contributed by atoms with Crippen molar-refractivity contribution >= 4 is 0 Å². The molecule has 6 heteroatoms. The van der Waals surface area contributed by atoms with Crippen LogP contribution in [-0.4, -0.2) is 49.5 Å². The van der Waals surface area contributed by atoms with E-state index in [0.717, 1.165) is 25.2 Å². The maximum Gasteiger partial charge on any atom is 0.190 e. The van der Waals surface area contributed by atoms with Crippen molar-refractivity contribution in [3.63, 3.8) is 0 Å². The van der Waals surface area contributed by atoms with Gasteiger partial charge >= 0.3 is 0 Å². The number of morpholine rings is 1. The number of rotatable bonds is 5. The minimum Gasteiger partial charge on any atom is -0.486 e. The van der Waals surface area contributed by atoms with E-state index in [1.165, 1.54) is 0 Å². The highest BCUT2D eigenvalue weighted by molar-refractivity contribution is 5.31. The van der Waals surface area contributed by atoms with Crippen LogP contribution in [0.1, 0.15) is 5.56 Å². The first kappa shape index (κ1) is 14.2. The molecular weight excluding hydrogens is 256 g/mol. The first-order chi connectivity index (χ1) is 9.20. The second-order valence-electron chi connectivity index (χ2n) is 4.35. The molecule has 1 aromatic carbocycles. The van der Waals surface area contributed by atoms with E-state index >= 15 is 0 Å². The summed E-state index contributed by atoms with van der Waals surface area (Å²) >= 11 is 0. The Morgan fingerprint density at radius 1 is 1.21 bits per heavy atom. The third-order valence-electron chi connectivity index (χ3n) is 3.00. The van der Waals surface area contributed by atoms with Crippen LogP contribution in [-0.2, 0) is 11.3 Å². The zero-order valence-corrected chi connectivity index (χ0v) is 10.6. The molecule has 0 radical (unpaired) electrons. The maximum atomic E-state index is 13.6. The second-order valence-corrected chi connectivity index (χ2v) is 4.35. The SMILES string of the molecule is OCc1cc(F)c(OCCN2CCOCC2)c(F)c1. The molecule has 0 spiro atoms. The van der Waals surface area contributed by atoms with Crippen LogP contribution in [0.5, 0.6) is 5.75 Å². The first-order valence-electron chi connectivity index (χ1n) is 6.22. The van der Waals surface area contributed by atoms with Crippen molar-refractivity contribution in [1.82, 2.24) is 4.90 Å². The van der Waals surface area contributed by atoms with Gasteiger partial charge in [-0.3, -0.25) is 4.90 Å². The van der Waals surface area contributed by atoms with Crippen LogP contribution in [0.3, 0.4) is 0 Å². The highest BCUT2D eigenvalue weighted by atomic mass is 19.1. The number of hydrogen-bond acceptors (Lipinski definition) is 4. The van der Waals surface area contributed by atoms with Crippen LogP contribution in [0.2, 0.25) is 0 Å². The average Bonchev–Trinajstić information content (AvgIpc) is 2.42. The lowest BCUT2D eigenvalue weighted by molar-refractivity contribution is 0.0318. The minimum atomic E-state index is -0.786. The number of ether oxygens (including phenoxy) is 2. The third-order valence-corrected chi connectivity index (χ3v) is 3.00. The summed E-state index contributed by atoms with van der Waals surface area (Å²) in [6.07, 6.45) is 0. The van der Waals surface area contributed by atoms with Gasteiger partial charge in [-0.15, -0.1) is 0 Å². The summed E-state index contributed by atoms with van der Waals surface area (Å²) in [6, 6.07) is 2.15. The van der Waals surface area contributed by atoms with Gasteiger partial charge in [-0.05, 0) is 17.7 Å². The van der Waals surface area contributed by atoms with E-state index in [9.17, 15) is 8.78 Å². The van der Waals surface area contributed by atoms with Gasteiger partial charge in [0.05, 0.1) is 19.8 Å². The number of aliphatic hydroxyl groups is 1.